The van der Waals surface area contributed by atoms with Gasteiger partial charge in [-0.15, -0.1) is 0 Å². The van der Waals surface area contributed by atoms with Gasteiger partial charge >= 0.3 is 12.0 Å². The molecule has 0 aromatic heterocycles. The van der Waals surface area contributed by atoms with Gasteiger partial charge in [0.05, 0.1) is 6.42 Å². The van der Waals surface area contributed by atoms with Crippen molar-refractivity contribution in [3.63, 3.8) is 0 Å². The fourth-order valence-corrected chi connectivity index (χ4v) is 3.91. The number of carboxylic acid groups (broad SMARTS) is 1. The van der Waals surface area contributed by atoms with Gasteiger partial charge in [0.1, 0.15) is 6.29 Å². The summed E-state index contributed by atoms with van der Waals surface area (Å²) in [7, 11) is 1.49. The molecule has 1 unspecified atom stereocenters. The van der Waals surface area contributed by atoms with E-state index < -0.39 is 17.4 Å². The number of carbonyl (C=O) groups is 3. The summed E-state index contributed by atoms with van der Waals surface area (Å²) in [5, 5.41) is 13.0. The average Bonchev–Trinajstić information content (AvgIpc) is 2.68. The Bertz CT molecular complexity index is 918. The molecule has 160 valence electrons. The molecule has 0 spiro atoms. The van der Waals surface area contributed by atoms with E-state index in [0.717, 1.165) is 5.56 Å². The van der Waals surface area contributed by atoms with E-state index in [9.17, 15) is 19.5 Å². The number of benzene rings is 2. The first-order valence-electron chi connectivity index (χ1n) is 9.34. The number of aliphatic carboxylic acids is 1. The molecule has 0 saturated heterocycles. The van der Waals surface area contributed by atoms with Crippen LogP contribution >= 0.6 is 23.2 Å². The Morgan fingerprint density at radius 3 is 2.37 bits per heavy atom. The molecule has 0 saturated carbocycles. The van der Waals surface area contributed by atoms with Crippen LogP contribution in [0.25, 0.3) is 0 Å². The second-order valence-electron chi connectivity index (χ2n) is 7.23. The summed E-state index contributed by atoms with van der Waals surface area (Å²) in [6, 6.07) is 11.9. The Kier molecular flexibility index (Phi) is 8.26. The van der Waals surface area contributed by atoms with Crippen molar-refractivity contribution in [2.75, 3.05) is 13.6 Å². The van der Waals surface area contributed by atoms with Crippen LogP contribution in [0.3, 0.4) is 0 Å². The molecule has 30 heavy (non-hydrogen) atoms. The number of nitrogens with one attached hydrogen (secondary N) is 1. The van der Waals surface area contributed by atoms with E-state index in [1.165, 1.54) is 11.9 Å². The molecule has 2 rings (SSSR count). The average molecular weight is 451 g/mol. The first kappa shape index (κ1) is 23.7. The molecule has 6 nitrogen and oxygen atoms in total. The highest BCUT2D eigenvalue weighted by molar-refractivity contribution is 6.35. The maximum atomic E-state index is 12.7. The molecule has 0 fully saturated rings. The summed E-state index contributed by atoms with van der Waals surface area (Å²) in [5.74, 6) is -1.06. The van der Waals surface area contributed by atoms with Gasteiger partial charge in [-0.2, -0.15) is 0 Å². The van der Waals surface area contributed by atoms with E-state index in [1.54, 1.807) is 30.3 Å². The predicted molar refractivity (Wildman–Crippen MR) is 117 cm³/mol. The number of hydrogen-bond donors (Lipinski definition) is 2. The maximum absolute atomic E-state index is 12.7. The van der Waals surface area contributed by atoms with Crippen LogP contribution in [0, 0.1) is 6.92 Å². The number of nitrogens with zero attached hydrogens (tertiary/aromatic N) is 1. The lowest BCUT2D eigenvalue weighted by molar-refractivity contribution is -0.138. The number of rotatable bonds is 9. The van der Waals surface area contributed by atoms with Crippen LogP contribution in [0.4, 0.5) is 4.79 Å². The summed E-state index contributed by atoms with van der Waals surface area (Å²) in [5.41, 5.74) is 1.25. The first-order chi connectivity index (χ1) is 14.2. The molecule has 0 aliphatic carbocycles. The summed E-state index contributed by atoms with van der Waals surface area (Å²) in [6.07, 6.45) is 0.334. The molecule has 8 heteroatoms. The van der Waals surface area contributed by atoms with Crippen molar-refractivity contribution in [1.82, 2.24) is 10.2 Å². The molecule has 0 aliphatic heterocycles. The van der Waals surface area contributed by atoms with Crippen molar-refractivity contribution in [3.8, 4) is 0 Å². The van der Waals surface area contributed by atoms with Crippen LogP contribution in [-0.4, -0.2) is 41.9 Å². The Labute approximate surface area is 185 Å². The van der Waals surface area contributed by atoms with Gasteiger partial charge in [0.15, 0.2) is 0 Å². The molecule has 0 heterocycles. The van der Waals surface area contributed by atoms with E-state index >= 15 is 0 Å². The molecular formula is C22H24Cl2N2O4. The fourth-order valence-electron chi connectivity index (χ4n) is 3.44. The van der Waals surface area contributed by atoms with E-state index in [0.29, 0.717) is 27.5 Å². The van der Waals surface area contributed by atoms with Crippen LogP contribution in [0.1, 0.15) is 29.5 Å². The molecule has 2 N–H and O–H groups in total. The van der Waals surface area contributed by atoms with Crippen molar-refractivity contribution >= 4 is 41.5 Å². The Morgan fingerprint density at radius 1 is 1.17 bits per heavy atom. The van der Waals surface area contributed by atoms with Gasteiger partial charge in [0, 0.05) is 42.0 Å². The Balaban J connectivity index is 2.50. The lowest BCUT2D eigenvalue weighted by Gasteiger charge is -2.37. The monoisotopic (exact) mass is 450 g/mol. The number of carbonyl (C=O) groups excluding carboxylic acids is 2. The highest BCUT2D eigenvalue weighted by Crippen LogP contribution is 2.34. The number of carboxylic acids is 1. The molecule has 2 aromatic rings. The minimum Gasteiger partial charge on any atom is -0.481 e. The van der Waals surface area contributed by atoms with Crippen LogP contribution in [0.2, 0.25) is 10.0 Å². The van der Waals surface area contributed by atoms with Gasteiger partial charge in [0.25, 0.3) is 0 Å². The molecule has 2 amide bonds. The smallest absolute Gasteiger partial charge is 0.317 e. The van der Waals surface area contributed by atoms with Crippen molar-refractivity contribution in [3.05, 3.63) is 69.2 Å². The van der Waals surface area contributed by atoms with Crippen molar-refractivity contribution in [1.29, 1.82) is 0 Å². The van der Waals surface area contributed by atoms with Gasteiger partial charge in [-0.05, 0) is 30.2 Å². The normalized spacial score (nSPS) is 12.7. The van der Waals surface area contributed by atoms with Gasteiger partial charge in [-0.3, -0.25) is 4.79 Å². The van der Waals surface area contributed by atoms with E-state index in [1.807, 2.05) is 19.1 Å². The third-order valence-corrected chi connectivity index (χ3v) is 5.59. The lowest BCUT2D eigenvalue weighted by Crippen LogP contribution is -2.48. The second kappa shape index (κ2) is 10.5. The van der Waals surface area contributed by atoms with Crippen molar-refractivity contribution in [2.24, 2.45) is 0 Å². The summed E-state index contributed by atoms with van der Waals surface area (Å²) < 4.78 is 0. The van der Waals surface area contributed by atoms with Gasteiger partial charge < -0.3 is 20.1 Å². The minimum absolute atomic E-state index is 0.0136. The topological polar surface area (TPSA) is 86.7 Å². The SMILES string of the molecule is CNC(=O)N(Cc1ccc(Cl)cc1Cl)CC(CC=O)(CC(=O)O)c1ccc(C)cc1. The van der Waals surface area contributed by atoms with Crippen molar-refractivity contribution in [2.45, 2.75) is 31.7 Å². The number of amides is 2. The minimum atomic E-state index is -1.09. The molecule has 0 aliphatic rings. The molecule has 0 radical (unpaired) electrons. The molecule has 1 atom stereocenters. The van der Waals surface area contributed by atoms with E-state index in [-0.39, 0.29) is 25.9 Å². The largest absolute Gasteiger partial charge is 0.481 e. The number of aryl methyl sites for hydroxylation is 1. The zero-order chi connectivity index (χ0) is 22.3. The summed E-state index contributed by atoms with van der Waals surface area (Å²) in [6.45, 7) is 2.06. The number of aldehydes is 1. The number of urea groups is 1. The third-order valence-electron chi connectivity index (χ3n) is 5.00. The first-order valence-corrected chi connectivity index (χ1v) is 10.1. The van der Waals surface area contributed by atoms with Gasteiger partial charge in [-0.1, -0.05) is 59.1 Å². The quantitative estimate of drug-likeness (QED) is 0.552. The highest BCUT2D eigenvalue weighted by atomic mass is 35.5. The fraction of sp³-hybridized carbons (Fsp3) is 0.318. The van der Waals surface area contributed by atoms with Crippen molar-refractivity contribution < 1.29 is 19.5 Å². The summed E-state index contributed by atoms with van der Waals surface area (Å²) >= 11 is 12.2. The number of hydrogen-bond acceptors (Lipinski definition) is 3. The number of halogens is 2. The molecule has 2 aromatic carbocycles. The highest BCUT2D eigenvalue weighted by Gasteiger charge is 2.38. The van der Waals surface area contributed by atoms with E-state index in [2.05, 4.69) is 5.32 Å². The second-order valence-corrected chi connectivity index (χ2v) is 8.08. The molecule has 0 bridgehead atoms. The third kappa shape index (κ3) is 5.97. The summed E-state index contributed by atoms with van der Waals surface area (Å²) in [4.78, 5) is 37.4. The van der Waals surface area contributed by atoms with Crippen LogP contribution < -0.4 is 5.32 Å². The predicted octanol–water partition coefficient (Wildman–Crippen LogP) is 4.44. The van der Waals surface area contributed by atoms with Crippen LogP contribution in [-0.2, 0) is 21.5 Å². The zero-order valence-electron chi connectivity index (χ0n) is 16.8. The zero-order valence-corrected chi connectivity index (χ0v) is 18.3. The van der Waals surface area contributed by atoms with E-state index in [4.69, 9.17) is 23.2 Å². The van der Waals surface area contributed by atoms with Crippen LogP contribution in [0.15, 0.2) is 42.5 Å². The van der Waals surface area contributed by atoms with Gasteiger partial charge in [-0.25, -0.2) is 4.79 Å². The lowest BCUT2D eigenvalue weighted by atomic mass is 9.74. The molecular weight excluding hydrogens is 427 g/mol. The maximum Gasteiger partial charge on any atom is 0.317 e. The van der Waals surface area contributed by atoms with Crippen LogP contribution in [0.5, 0.6) is 0 Å². The van der Waals surface area contributed by atoms with Gasteiger partial charge in [0.2, 0.25) is 0 Å². The Hall–Kier alpha value is -2.57. The Morgan fingerprint density at radius 2 is 1.83 bits per heavy atom. The standard InChI is InChI=1S/C22H24Cl2N2O4/c1-15-3-6-17(7-4-15)22(9-10-27,12-20(28)29)14-26(21(30)25-2)13-16-5-8-18(23)11-19(16)24/h3-8,10-11H,9,12-14H2,1-2H3,(H,25,30)(H,28,29).